The highest BCUT2D eigenvalue weighted by Crippen LogP contribution is 2.35. The summed E-state index contributed by atoms with van der Waals surface area (Å²) in [6, 6.07) is 7.18. The fourth-order valence-corrected chi connectivity index (χ4v) is 5.65. The molecule has 0 bridgehead atoms. The summed E-state index contributed by atoms with van der Waals surface area (Å²) in [5, 5.41) is 22.3. The van der Waals surface area contributed by atoms with Gasteiger partial charge >= 0.3 is 0 Å². The van der Waals surface area contributed by atoms with Gasteiger partial charge in [-0.05, 0) is 36.8 Å². The normalized spacial score (nSPS) is 17.7. The number of nitrogens with one attached hydrogen (secondary N) is 2. The molecule has 1 aromatic heterocycles. The van der Waals surface area contributed by atoms with Gasteiger partial charge in [-0.3, -0.25) is 19.2 Å². The van der Waals surface area contributed by atoms with Crippen molar-refractivity contribution in [2.45, 2.75) is 18.6 Å². The molecule has 2 aliphatic heterocycles. The topological polar surface area (TPSA) is 166 Å². The second-order valence-corrected chi connectivity index (χ2v) is 11.0. The zero-order chi connectivity index (χ0) is 32.8. The van der Waals surface area contributed by atoms with Gasteiger partial charge < -0.3 is 40.0 Å². The lowest BCUT2D eigenvalue weighted by Crippen LogP contribution is -2.54. The molecule has 3 amide bonds. The van der Waals surface area contributed by atoms with Crippen molar-refractivity contribution < 1.29 is 38.5 Å². The Labute approximate surface area is 267 Å². The van der Waals surface area contributed by atoms with E-state index in [2.05, 4.69) is 15.6 Å². The number of aliphatic hydroxyl groups excluding tert-OH is 1. The highest BCUT2D eigenvalue weighted by molar-refractivity contribution is 6.34. The highest BCUT2D eigenvalue weighted by atomic mass is 35.5. The van der Waals surface area contributed by atoms with E-state index >= 15 is 0 Å². The predicted molar refractivity (Wildman–Crippen MR) is 163 cm³/mol. The Hall–Kier alpha value is -4.24. The average molecular weight is 666 g/mol. The van der Waals surface area contributed by atoms with Crippen LogP contribution < -0.4 is 15.4 Å². The van der Waals surface area contributed by atoms with Crippen LogP contribution in [0.1, 0.15) is 27.4 Å². The van der Waals surface area contributed by atoms with Crippen molar-refractivity contribution in [2.24, 2.45) is 7.05 Å². The molecule has 0 saturated carbocycles. The van der Waals surface area contributed by atoms with Gasteiger partial charge in [-0.25, -0.2) is 9.37 Å². The molecule has 45 heavy (non-hydrogen) atoms. The number of imidazole rings is 1. The number of hydrogen-bond donors (Lipinski definition) is 4. The number of benzene rings is 2. The van der Waals surface area contributed by atoms with Gasteiger partial charge in [0.1, 0.15) is 0 Å². The monoisotopic (exact) mass is 664 g/mol. The van der Waals surface area contributed by atoms with Crippen molar-refractivity contribution in [3.05, 3.63) is 63.8 Å². The minimum Gasteiger partial charge on any atom is -0.494 e. The van der Waals surface area contributed by atoms with Gasteiger partial charge in [-0.1, -0.05) is 23.2 Å². The smallest absolute Gasteiger partial charge is 0.291 e. The van der Waals surface area contributed by atoms with Gasteiger partial charge in [0.25, 0.3) is 18.3 Å². The molecule has 2 fully saturated rings. The summed E-state index contributed by atoms with van der Waals surface area (Å²) in [6.45, 7) is 1.60. The van der Waals surface area contributed by atoms with E-state index in [4.69, 9.17) is 37.8 Å². The first kappa shape index (κ1) is 33.6. The second kappa shape index (κ2) is 14.7. The molecule has 4 N–H and O–H groups in total. The maximum Gasteiger partial charge on any atom is 0.291 e. The van der Waals surface area contributed by atoms with Crippen molar-refractivity contribution in [3.8, 4) is 17.0 Å². The Morgan fingerprint density at radius 2 is 1.80 bits per heavy atom. The highest BCUT2D eigenvalue weighted by Gasteiger charge is 2.34. The minimum absolute atomic E-state index is 0.00144. The van der Waals surface area contributed by atoms with E-state index in [1.165, 1.54) is 36.1 Å². The number of hydrogen-bond acceptors (Lipinski definition) is 8. The molecule has 13 nitrogen and oxygen atoms in total. The quantitative estimate of drug-likeness (QED) is 0.290. The molecule has 2 atom stereocenters. The van der Waals surface area contributed by atoms with Crippen LogP contribution in [0.3, 0.4) is 0 Å². The van der Waals surface area contributed by atoms with E-state index in [0.717, 1.165) is 0 Å². The number of carbonyl (C=O) groups excluding carboxylic acids is 3. The van der Waals surface area contributed by atoms with E-state index in [9.17, 15) is 23.9 Å². The van der Waals surface area contributed by atoms with Gasteiger partial charge in [0.2, 0.25) is 5.91 Å². The molecule has 0 radical (unpaired) electrons. The fourth-order valence-electron chi connectivity index (χ4n) is 5.14. The molecule has 0 spiro atoms. The van der Waals surface area contributed by atoms with Crippen molar-refractivity contribution in [3.63, 3.8) is 0 Å². The number of amides is 3. The number of aromatic nitrogens is 2. The van der Waals surface area contributed by atoms with Crippen molar-refractivity contribution in [1.29, 1.82) is 0 Å². The lowest BCUT2D eigenvalue weighted by atomic mass is 10.1. The third-order valence-corrected chi connectivity index (χ3v) is 8.16. The van der Waals surface area contributed by atoms with Crippen LogP contribution in [0, 0.1) is 5.82 Å². The molecule has 16 heteroatoms. The van der Waals surface area contributed by atoms with Crippen molar-refractivity contribution >= 4 is 53.1 Å². The van der Waals surface area contributed by atoms with Gasteiger partial charge in [0.15, 0.2) is 17.4 Å². The number of methoxy groups -OCH3 is 1. The van der Waals surface area contributed by atoms with Crippen LogP contribution in [0.15, 0.2) is 36.5 Å². The van der Waals surface area contributed by atoms with E-state index in [1.807, 2.05) is 0 Å². The van der Waals surface area contributed by atoms with Gasteiger partial charge in [-0.2, -0.15) is 0 Å². The van der Waals surface area contributed by atoms with Crippen LogP contribution >= 0.6 is 23.2 Å². The summed E-state index contributed by atoms with van der Waals surface area (Å²) in [6.07, 6.45) is 1.27. The summed E-state index contributed by atoms with van der Waals surface area (Å²) < 4.78 is 20.9. The Morgan fingerprint density at radius 3 is 2.40 bits per heavy atom. The SMILES string of the molecule is COc1ccc(-c2cnc(C(=O)Nc3ccc(C(=O)N4CCN(C(=O)[C@H]5C[C@@H](O)CN5)CC4)c(Cl)c3)n2C)c(Cl)c1F.O=CO. The fraction of sp³-hybridized carbons (Fsp3) is 0.345. The number of halogens is 3. The van der Waals surface area contributed by atoms with Crippen LogP contribution in [-0.4, -0.2) is 106 Å². The summed E-state index contributed by atoms with van der Waals surface area (Å²) in [5.74, 6) is -1.57. The van der Waals surface area contributed by atoms with E-state index < -0.39 is 23.9 Å². The number of piperazine rings is 1. The Bertz CT molecular complexity index is 1600. The maximum absolute atomic E-state index is 14.5. The average Bonchev–Trinajstić information content (AvgIpc) is 3.63. The summed E-state index contributed by atoms with van der Waals surface area (Å²) >= 11 is 12.6. The molecule has 3 heterocycles. The van der Waals surface area contributed by atoms with Gasteiger partial charge in [0.05, 0.1) is 46.8 Å². The number of rotatable bonds is 6. The third-order valence-electron chi connectivity index (χ3n) is 7.48. The third kappa shape index (κ3) is 7.36. The Kier molecular flexibility index (Phi) is 11.0. The number of anilines is 1. The molecule has 2 saturated heterocycles. The molecule has 3 aromatic rings. The lowest BCUT2D eigenvalue weighted by molar-refractivity contribution is -0.134. The van der Waals surface area contributed by atoms with Crippen LogP contribution in [-0.2, 0) is 16.6 Å². The molecular formula is C29H31Cl2FN6O7. The molecule has 0 unspecified atom stereocenters. The first-order chi connectivity index (χ1) is 21.5. The van der Waals surface area contributed by atoms with Crippen molar-refractivity contribution in [1.82, 2.24) is 24.7 Å². The summed E-state index contributed by atoms with van der Waals surface area (Å²) in [7, 11) is 2.94. The molecule has 2 aromatic carbocycles. The van der Waals surface area contributed by atoms with E-state index in [-0.39, 0.29) is 45.5 Å². The summed E-state index contributed by atoms with van der Waals surface area (Å²) in [5.41, 5.74) is 1.38. The maximum atomic E-state index is 14.5. The lowest BCUT2D eigenvalue weighted by Gasteiger charge is -2.36. The zero-order valence-corrected chi connectivity index (χ0v) is 25.8. The number of carboxylic acid groups (broad SMARTS) is 1. The van der Waals surface area contributed by atoms with Crippen LogP contribution in [0.2, 0.25) is 10.0 Å². The minimum atomic E-state index is -0.717. The van der Waals surface area contributed by atoms with E-state index in [0.29, 0.717) is 56.1 Å². The first-order valence-corrected chi connectivity index (χ1v) is 14.5. The number of aliphatic hydroxyl groups is 1. The van der Waals surface area contributed by atoms with Crippen molar-refractivity contribution in [2.75, 3.05) is 45.2 Å². The first-order valence-electron chi connectivity index (χ1n) is 13.7. The Morgan fingerprint density at radius 1 is 1.13 bits per heavy atom. The zero-order valence-electron chi connectivity index (χ0n) is 24.3. The largest absolute Gasteiger partial charge is 0.494 e. The molecule has 5 rings (SSSR count). The number of ether oxygens (including phenoxy) is 1. The summed E-state index contributed by atoms with van der Waals surface area (Å²) in [4.78, 5) is 54.7. The number of β-amino-alcohol motifs (C(OH)–C–C–N with tert-alkyl or cyclic N) is 1. The Balaban J connectivity index is 0.00000148. The number of nitrogens with zero attached hydrogens (tertiary/aromatic N) is 4. The standard InChI is InChI=1S/C28H29Cl2FN6O5.CH2O2/c1-35-21(18-5-6-22(42-2)24(31)23(18)30)14-33-25(35)26(39)34-15-3-4-17(19(29)11-15)27(40)36-7-9-37(10-8-36)28(41)20-12-16(38)13-32-20;2-1-3/h3-6,11,14,16,20,32,38H,7-10,12-13H2,1-2H3,(H,34,39);1H,(H,2,3)/t16-,20-;/m1./s1. The molecule has 240 valence electrons. The van der Waals surface area contributed by atoms with Crippen LogP contribution in [0.25, 0.3) is 11.3 Å². The van der Waals surface area contributed by atoms with Gasteiger partial charge in [-0.15, -0.1) is 0 Å². The number of carbonyl (C=O) groups is 4. The van der Waals surface area contributed by atoms with Gasteiger partial charge in [0, 0.05) is 51.0 Å². The van der Waals surface area contributed by atoms with Crippen LogP contribution in [0.4, 0.5) is 10.1 Å². The predicted octanol–water partition coefficient (Wildman–Crippen LogP) is 2.50. The van der Waals surface area contributed by atoms with Crippen LogP contribution in [0.5, 0.6) is 5.75 Å². The molecular weight excluding hydrogens is 634 g/mol. The molecule has 0 aliphatic carbocycles. The second-order valence-electron chi connectivity index (χ2n) is 10.2. The van der Waals surface area contributed by atoms with E-state index in [1.54, 1.807) is 29.0 Å². The molecule has 2 aliphatic rings.